The standard InChI is InChI=1S/C23H33NO3/c1-4-18(25)24-14-19(2)8-5-9-20(3)16(19)6-10-21-12-22(26,11-7-17(20)21)23(13-21)15-27-23/h1,16-17,26H,5-15H2,2-3H3,(H,24,25)/t16?,17?,19?,20-,21?,22+,23+/m1/s1. The molecule has 1 aliphatic heterocycles. The largest absolute Gasteiger partial charge is 0.387 e. The number of carbonyl (C=O) groups excluding carboxylic acids is 1. The highest BCUT2D eigenvalue weighted by Gasteiger charge is 2.76. The molecule has 0 radical (unpaired) electrons. The van der Waals surface area contributed by atoms with Gasteiger partial charge in [0.05, 0.1) is 12.2 Å². The van der Waals surface area contributed by atoms with E-state index in [1.165, 1.54) is 25.7 Å². The van der Waals surface area contributed by atoms with E-state index in [0.29, 0.717) is 18.4 Å². The summed E-state index contributed by atoms with van der Waals surface area (Å²) >= 11 is 0. The predicted molar refractivity (Wildman–Crippen MR) is 103 cm³/mol. The third kappa shape index (κ3) is 2.22. The van der Waals surface area contributed by atoms with Crippen molar-refractivity contribution in [3.05, 3.63) is 0 Å². The van der Waals surface area contributed by atoms with Gasteiger partial charge in [-0.15, -0.1) is 6.42 Å². The molecule has 4 saturated carbocycles. The van der Waals surface area contributed by atoms with Crippen LogP contribution >= 0.6 is 0 Å². The Morgan fingerprint density at radius 2 is 1.93 bits per heavy atom. The summed E-state index contributed by atoms with van der Waals surface area (Å²) in [6.45, 7) is 6.33. The fourth-order valence-corrected chi connectivity index (χ4v) is 8.72. The number of ether oxygens (including phenoxy) is 1. The van der Waals surface area contributed by atoms with Crippen LogP contribution in [0.3, 0.4) is 0 Å². The minimum absolute atomic E-state index is 0.112. The van der Waals surface area contributed by atoms with E-state index in [4.69, 9.17) is 11.2 Å². The molecule has 5 fully saturated rings. The molecule has 2 N–H and O–H groups in total. The van der Waals surface area contributed by atoms with Gasteiger partial charge in [0.15, 0.2) is 0 Å². The van der Waals surface area contributed by atoms with Crippen molar-refractivity contribution in [1.82, 2.24) is 5.32 Å². The van der Waals surface area contributed by atoms with E-state index < -0.39 is 5.60 Å². The molecule has 2 bridgehead atoms. The van der Waals surface area contributed by atoms with Gasteiger partial charge in [-0.05, 0) is 85.4 Å². The van der Waals surface area contributed by atoms with Crippen LogP contribution in [0.25, 0.3) is 0 Å². The highest BCUT2D eigenvalue weighted by molar-refractivity contribution is 5.92. The van der Waals surface area contributed by atoms with Crippen LogP contribution in [0.5, 0.6) is 0 Å². The van der Waals surface area contributed by atoms with Gasteiger partial charge in [0, 0.05) is 6.54 Å². The van der Waals surface area contributed by atoms with Crippen LogP contribution in [0.4, 0.5) is 0 Å². The maximum Gasteiger partial charge on any atom is 0.295 e. The average molecular weight is 372 g/mol. The van der Waals surface area contributed by atoms with E-state index in [1.807, 2.05) is 0 Å². The first kappa shape index (κ1) is 18.0. The molecule has 4 aliphatic carbocycles. The fraction of sp³-hybridized carbons (Fsp3) is 0.870. The summed E-state index contributed by atoms with van der Waals surface area (Å²) in [6, 6.07) is 0. The number of hydrogen-bond donors (Lipinski definition) is 2. The van der Waals surface area contributed by atoms with Crippen LogP contribution in [0.2, 0.25) is 0 Å². The zero-order valence-electron chi connectivity index (χ0n) is 16.8. The van der Waals surface area contributed by atoms with Crippen molar-refractivity contribution < 1.29 is 14.6 Å². The van der Waals surface area contributed by atoms with Gasteiger partial charge in [-0.2, -0.15) is 0 Å². The first-order valence-electron chi connectivity index (χ1n) is 10.8. The van der Waals surface area contributed by atoms with E-state index in [9.17, 15) is 9.90 Å². The molecule has 0 aromatic rings. The van der Waals surface area contributed by atoms with Crippen molar-refractivity contribution in [1.29, 1.82) is 0 Å². The van der Waals surface area contributed by atoms with Crippen molar-refractivity contribution in [2.75, 3.05) is 13.2 Å². The molecule has 4 heteroatoms. The molecular formula is C23H33NO3. The van der Waals surface area contributed by atoms with Gasteiger partial charge in [0.1, 0.15) is 5.60 Å². The Morgan fingerprint density at radius 1 is 1.19 bits per heavy atom. The maximum absolute atomic E-state index is 11.7. The summed E-state index contributed by atoms with van der Waals surface area (Å²) in [4.78, 5) is 11.7. The van der Waals surface area contributed by atoms with E-state index in [2.05, 4.69) is 25.1 Å². The molecule has 5 rings (SSSR count). The molecule has 0 aromatic carbocycles. The van der Waals surface area contributed by atoms with Crippen LogP contribution in [0, 0.1) is 40.4 Å². The number of carbonyl (C=O) groups is 1. The lowest BCUT2D eigenvalue weighted by Crippen LogP contribution is -2.59. The van der Waals surface area contributed by atoms with E-state index in [-0.39, 0.29) is 27.8 Å². The summed E-state index contributed by atoms with van der Waals surface area (Å²) in [5.41, 5.74) is -0.140. The minimum Gasteiger partial charge on any atom is -0.387 e. The van der Waals surface area contributed by atoms with Crippen molar-refractivity contribution in [3.8, 4) is 12.3 Å². The highest BCUT2D eigenvalue weighted by Crippen LogP contribution is 2.75. The molecule has 2 spiro atoms. The summed E-state index contributed by atoms with van der Waals surface area (Å²) < 4.78 is 5.89. The van der Waals surface area contributed by atoms with Gasteiger partial charge >= 0.3 is 0 Å². The molecule has 148 valence electrons. The first-order valence-corrected chi connectivity index (χ1v) is 10.8. The lowest BCUT2D eigenvalue weighted by molar-refractivity contribution is -0.164. The van der Waals surface area contributed by atoms with Crippen molar-refractivity contribution >= 4 is 5.91 Å². The second-order valence-electron chi connectivity index (χ2n) is 11.1. The van der Waals surface area contributed by atoms with E-state index >= 15 is 0 Å². The Kier molecular flexibility index (Phi) is 3.54. The SMILES string of the molecule is C#CC(=O)NCC1(C)CCC[C@]2(C)C1CCC13C[C@@](O)(CCC12)[C@@]1(CO1)C3. The monoisotopic (exact) mass is 371 g/mol. The van der Waals surface area contributed by atoms with Gasteiger partial charge in [-0.3, -0.25) is 4.79 Å². The molecule has 4 nitrogen and oxygen atoms in total. The van der Waals surface area contributed by atoms with Gasteiger partial charge in [0.2, 0.25) is 0 Å². The second kappa shape index (κ2) is 5.30. The second-order valence-corrected chi connectivity index (χ2v) is 11.1. The number of nitrogens with one attached hydrogen (secondary N) is 1. The van der Waals surface area contributed by atoms with Crippen molar-refractivity contribution in [2.45, 2.75) is 82.8 Å². The van der Waals surface area contributed by atoms with Crippen LogP contribution in [-0.4, -0.2) is 35.4 Å². The molecule has 1 amide bonds. The lowest BCUT2D eigenvalue weighted by Gasteiger charge is -2.64. The van der Waals surface area contributed by atoms with Gasteiger partial charge in [0.25, 0.3) is 5.91 Å². The lowest BCUT2D eigenvalue weighted by atomic mass is 9.41. The molecule has 4 unspecified atom stereocenters. The van der Waals surface area contributed by atoms with Crippen LogP contribution in [0.1, 0.15) is 71.6 Å². The molecule has 1 saturated heterocycles. The third-order valence-electron chi connectivity index (χ3n) is 9.82. The maximum atomic E-state index is 11.7. The smallest absolute Gasteiger partial charge is 0.295 e. The minimum atomic E-state index is -0.578. The summed E-state index contributed by atoms with van der Waals surface area (Å²) in [5, 5.41) is 14.3. The summed E-state index contributed by atoms with van der Waals surface area (Å²) in [6.07, 6.45) is 15.3. The summed E-state index contributed by atoms with van der Waals surface area (Å²) in [5.74, 6) is 3.18. The van der Waals surface area contributed by atoms with E-state index in [0.717, 1.165) is 38.7 Å². The van der Waals surface area contributed by atoms with Gasteiger partial charge in [-0.1, -0.05) is 20.3 Å². The number of amides is 1. The first-order chi connectivity index (χ1) is 12.7. The zero-order chi connectivity index (χ0) is 19.1. The Hall–Kier alpha value is -1.05. The number of fused-ring (bicyclic) bond motifs is 4. The number of terminal acetylenes is 1. The van der Waals surface area contributed by atoms with Crippen LogP contribution < -0.4 is 5.32 Å². The molecule has 7 atom stereocenters. The molecule has 5 aliphatic rings. The summed E-state index contributed by atoms with van der Waals surface area (Å²) in [7, 11) is 0. The predicted octanol–water partition coefficient (Wildman–Crippen LogP) is 3.03. The number of epoxide rings is 1. The van der Waals surface area contributed by atoms with Crippen molar-refractivity contribution in [2.24, 2.45) is 28.1 Å². The Balaban J connectivity index is 1.45. The average Bonchev–Trinajstić information content (AvgIpc) is 3.36. The number of hydrogen-bond acceptors (Lipinski definition) is 3. The van der Waals surface area contributed by atoms with Crippen molar-refractivity contribution in [3.63, 3.8) is 0 Å². The number of aliphatic hydroxyl groups is 1. The Morgan fingerprint density at radius 3 is 2.63 bits per heavy atom. The van der Waals surface area contributed by atoms with Gasteiger partial charge < -0.3 is 15.2 Å². The van der Waals surface area contributed by atoms with Crippen LogP contribution in [-0.2, 0) is 9.53 Å². The third-order valence-corrected chi connectivity index (χ3v) is 9.82. The molecule has 27 heavy (non-hydrogen) atoms. The Labute approximate surface area is 162 Å². The topological polar surface area (TPSA) is 61.9 Å². The van der Waals surface area contributed by atoms with E-state index in [1.54, 1.807) is 0 Å². The van der Waals surface area contributed by atoms with Crippen LogP contribution in [0.15, 0.2) is 0 Å². The molecule has 1 heterocycles. The normalized spacial score (nSPS) is 55.3. The highest BCUT2D eigenvalue weighted by atomic mass is 16.6. The van der Waals surface area contributed by atoms with Gasteiger partial charge in [-0.25, -0.2) is 0 Å². The quantitative estimate of drug-likeness (QED) is 0.579. The fourth-order valence-electron chi connectivity index (χ4n) is 8.72. The Bertz CT molecular complexity index is 720. The number of rotatable bonds is 2. The zero-order valence-corrected chi connectivity index (χ0v) is 16.8. The molecule has 0 aromatic heterocycles. The molecular weight excluding hydrogens is 338 g/mol.